The molecule has 0 unspecified atom stereocenters. The number of aromatic hydroxyl groups is 1. The van der Waals surface area contributed by atoms with E-state index in [2.05, 4.69) is 4.98 Å². The minimum Gasteiger partial charge on any atom is -0.507 e. The molecule has 2 aromatic rings. The van der Waals surface area contributed by atoms with E-state index in [1.165, 1.54) is 12.1 Å². The molecule has 13 heavy (non-hydrogen) atoms. The van der Waals surface area contributed by atoms with Crippen molar-refractivity contribution in [3.05, 3.63) is 29.7 Å². The highest BCUT2D eigenvalue weighted by Crippen LogP contribution is 2.27. The lowest BCUT2D eigenvalue weighted by atomic mass is 10.2. The molecule has 0 amide bonds. The first-order valence-corrected chi connectivity index (χ1v) is 4.31. The number of halogens is 2. The van der Waals surface area contributed by atoms with Gasteiger partial charge in [0.15, 0.2) is 0 Å². The van der Waals surface area contributed by atoms with Crippen LogP contribution in [0.3, 0.4) is 0 Å². The monoisotopic (exact) mass is 199 g/mol. The SMILES string of the molecule is Oc1ccc(F)c2[nH]c(CCl)cc12. The Morgan fingerprint density at radius 1 is 1.46 bits per heavy atom. The van der Waals surface area contributed by atoms with Crippen molar-refractivity contribution in [1.82, 2.24) is 4.98 Å². The molecular weight excluding hydrogens is 193 g/mol. The van der Waals surface area contributed by atoms with Crippen molar-refractivity contribution in [1.29, 1.82) is 0 Å². The second-order valence-corrected chi connectivity index (χ2v) is 3.05. The first-order chi connectivity index (χ1) is 6.22. The molecule has 68 valence electrons. The zero-order valence-corrected chi connectivity index (χ0v) is 7.40. The summed E-state index contributed by atoms with van der Waals surface area (Å²) in [5.41, 5.74) is 0.993. The Labute approximate surface area is 79.0 Å². The molecule has 0 aliphatic heterocycles. The van der Waals surface area contributed by atoms with E-state index in [0.29, 0.717) is 16.6 Å². The molecule has 0 saturated heterocycles. The maximum absolute atomic E-state index is 13.1. The van der Waals surface area contributed by atoms with Gasteiger partial charge in [-0.05, 0) is 18.2 Å². The lowest BCUT2D eigenvalue weighted by Crippen LogP contribution is -1.78. The second kappa shape index (κ2) is 2.92. The summed E-state index contributed by atoms with van der Waals surface area (Å²) in [7, 11) is 0. The largest absolute Gasteiger partial charge is 0.507 e. The molecule has 1 aromatic heterocycles. The van der Waals surface area contributed by atoms with Gasteiger partial charge in [0.05, 0.1) is 11.4 Å². The fourth-order valence-electron chi connectivity index (χ4n) is 1.30. The molecule has 2 N–H and O–H groups in total. The smallest absolute Gasteiger partial charge is 0.147 e. The van der Waals surface area contributed by atoms with Crippen LogP contribution in [-0.4, -0.2) is 10.1 Å². The Balaban J connectivity index is 2.80. The van der Waals surface area contributed by atoms with Crippen molar-refractivity contribution in [3.8, 4) is 5.75 Å². The van der Waals surface area contributed by atoms with Gasteiger partial charge in [0.25, 0.3) is 0 Å². The van der Waals surface area contributed by atoms with Gasteiger partial charge in [-0.25, -0.2) is 4.39 Å². The van der Waals surface area contributed by atoms with Gasteiger partial charge in [-0.15, -0.1) is 11.6 Å². The summed E-state index contributed by atoms with van der Waals surface area (Å²) >= 11 is 5.57. The van der Waals surface area contributed by atoms with Crippen LogP contribution < -0.4 is 0 Å². The summed E-state index contributed by atoms with van der Waals surface area (Å²) in [6.45, 7) is 0. The number of benzene rings is 1. The topological polar surface area (TPSA) is 36.0 Å². The highest BCUT2D eigenvalue weighted by atomic mass is 35.5. The molecule has 1 heterocycles. The molecule has 1 aromatic carbocycles. The molecule has 0 atom stereocenters. The maximum Gasteiger partial charge on any atom is 0.147 e. The van der Waals surface area contributed by atoms with Gasteiger partial charge in [0.2, 0.25) is 0 Å². The number of fused-ring (bicyclic) bond motifs is 1. The van der Waals surface area contributed by atoms with Gasteiger partial charge in [-0.3, -0.25) is 0 Å². The van der Waals surface area contributed by atoms with Gasteiger partial charge in [0, 0.05) is 11.1 Å². The van der Waals surface area contributed by atoms with Gasteiger partial charge in [-0.1, -0.05) is 0 Å². The molecule has 0 spiro atoms. The highest BCUT2D eigenvalue weighted by Gasteiger charge is 2.08. The molecule has 0 aliphatic rings. The van der Waals surface area contributed by atoms with Crippen molar-refractivity contribution in [2.75, 3.05) is 0 Å². The zero-order chi connectivity index (χ0) is 9.42. The number of H-pyrrole nitrogens is 1. The van der Waals surface area contributed by atoms with Gasteiger partial charge >= 0.3 is 0 Å². The number of nitrogens with one attached hydrogen (secondary N) is 1. The summed E-state index contributed by atoms with van der Waals surface area (Å²) in [6, 6.07) is 4.18. The number of hydrogen-bond acceptors (Lipinski definition) is 1. The third kappa shape index (κ3) is 1.25. The molecule has 0 radical (unpaired) electrons. The van der Waals surface area contributed by atoms with Crippen molar-refractivity contribution in [2.45, 2.75) is 5.88 Å². The zero-order valence-electron chi connectivity index (χ0n) is 6.64. The average molecular weight is 200 g/mol. The predicted octanol–water partition coefficient (Wildman–Crippen LogP) is 2.75. The van der Waals surface area contributed by atoms with Gasteiger partial charge in [0.1, 0.15) is 11.6 Å². The normalized spacial score (nSPS) is 10.9. The third-order valence-electron chi connectivity index (χ3n) is 1.92. The van der Waals surface area contributed by atoms with E-state index in [4.69, 9.17) is 11.6 Å². The van der Waals surface area contributed by atoms with E-state index < -0.39 is 0 Å². The Morgan fingerprint density at radius 3 is 2.85 bits per heavy atom. The van der Waals surface area contributed by atoms with E-state index in [1.807, 2.05) is 0 Å². The summed E-state index contributed by atoms with van der Waals surface area (Å²) in [4.78, 5) is 2.79. The Bertz CT molecular complexity index is 413. The molecular formula is C9H7ClFNO. The number of aromatic nitrogens is 1. The fourth-order valence-corrected chi connectivity index (χ4v) is 1.44. The van der Waals surface area contributed by atoms with Crippen LogP contribution in [0.15, 0.2) is 18.2 Å². The van der Waals surface area contributed by atoms with Gasteiger partial charge < -0.3 is 10.1 Å². The van der Waals surface area contributed by atoms with Crippen molar-refractivity contribution in [3.63, 3.8) is 0 Å². The highest BCUT2D eigenvalue weighted by molar-refractivity contribution is 6.17. The van der Waals surface area contributed by atoms with Gasteiger partial charge in [-0.2, -0.15) is 0 Å². The quantitative estimate of drug-likeness (QED) is 0.681. The number of alkyl halides is 1. The number of hydrogen-bond donors (Lipinski definition) is 2. The second-order valence-electron chi connectivity index (χ2n) is 2.78. The Hall–Kier alpha value is -1.22. The summed E-state index contributed by atoms with van der Waals surface area (Å²) in [5, 5.41) is 9.84. The van der Waals surface area contributed by atoms with Crippen molar-refractivity contribution in [2.24, 2.45) is 0 Å². The molecule has 0 fully saturated rings. The van der Waals surface area contributed by atoms with Crippen LogP contribution in [0.1, 0.15) is 5.69 Å². The van der Waals surface area contributed by atoms with Crippen LogP contribution in [0.5, 0.6) is 5.75 Å². The average Bonchev–Trinajstić information content (AvgIpc) is 2.56. The molecule has 0 bridgehead atoms. The van der Waals surface area contributed by atoms with E-state index in [-0.39, 0.29) is 17.4 Å². The van der Waals surface area contributed by atoms with E-state index in [9.17, 15) is 9.50 Å². The number of aromatic amines is 1. The molecule has 4 heteroatoms. The minimum absolute atomic E-state index is 0.0593. The van der Waals surface area contributed by atoms with Crippen molar-refractivity contribution < 1.29 is 9.50 Å². The van der Waals surface area contributed by atoms with Crippen LogP contribution >= 0.6 is 11.6 Å². The third-order valence-corrected chi connectivity index (χ3v) is 2.21. The van der Waals surface area contributed by atoms with E-state index in [0.717, 1.165) is 0 Å². The van der Waals surface area contributed by atoms with Crippen LogP contribution in [-0.2, 0) is 5.88 Å². The Kier molecular flexibility index (Phi) is 1.88. The number of rotatable bonds is 1. The van der Waals surface area contributed by atoms with Crippen molar-refractivity contribution >= 4 is 22.5 Å². The summed E-state index contributed by atoms with van der Waals surface area (Å²) in [6.07, 6.45) is 0. The van der Waals surface area contributed by atoms with E-state index in [1.54, 1.807) is 6.07 Å². The first kappa shape index (κ1) is 8.38. The minimum atomic E-state index is -0.385. The van der Waals surface area contributed by atoms with E-state index >= 15 is 0 Å². The number of phenols is 1. The van der Waals surface area contributed by atoms with Crippen LogP contribution in [0.4, 0.5) is 4.39 Å². The van der Waals surface area contributed by atoms with Crippen LogP contribution in [0.25, 0.3) is 10.9 Å². The lowest BCUT2D eigenvalue weighted by Gasteiger charge is -1.94. The molecule has 2 nitrogen and oxygen atoms in total. The maximum atomic E-state index is 13.1. The Morgan fingerprint density at radius 2 is 2.23 bits per heavy atom. The van der Waals surface area contributed by atoms with Crippen LogP contribution in [0, 0.1) is 5.82 Å². The lowest BCUT2D eigenvalue weighted by molar-refractivity contribution is 0.480. The summed E-state index contributed by atoms with van der Waals surface area (Å²) < 4.78 is 13.1. The predicted molar refractivity (Wildman–Crippen MR) is 49.5 cm³/mol. The number of phenolic OH excluding ortho intramolecular Hbond substituents is 1. The fraction of sp³-hybridized carbons (Fsp3) is 0.111. The molecule has 0 saturated carbocycles. The molecule has 2 rings (SSSR count). The first-order valence-electron chi connectivity index (χ1n) is 3.77. The standard InChI is InChI=1S/C9H7ClFNO/c10-4-5-3-6-8(13)2-1-7(11)9(6)12-5/h1-3,12-13H,4H2. The van der Waals surface area contributed by atoms with Crippen LogP contribution in [0.2, 0.25) is 0 Å². The summed E-state index contributed by atoms with van der Waals surface area (Å²) in [5.74, 6) is -0.0544. The molecule has 0 aliphatic carbocycles.